The first-order chi connectivity index (χ1) is 14.5. The Morgan fingerprint density at radius 2 is 1.87 bits per heavy atom. The number of carbonyl (C=O) groups excluding carboxylic acids is 1. The Bertz CT molecular complexity index is 1090. The van der Waals surface area contributed by atoms with Gasteiger partial charge < -0.3 is 19.1 Å². The molecule has 0 saturated heterocycles. The van der Waals surface area contributed by atoms with Gasteiger partial charge >= 0.3 is 0 Å². The first-order valence-corrected chi connectivity index (χ1v) is 10.6. The third kappa shape index (κ3) is 4.71. The number of carbonyl (C=O) groups is 1. The SMILES string of the molecule is COc1ccc(C)c2sc(N(CCN(C)C)C(=O)c3ccc4c(c3)OCCO4)nc12.Cl. The normalized spacial score (nSPS) is 12.5. The van der Waals surface area contributed by atoms with E-state index in [0.29, 0.717) is 54.2 Å². The Balaban J connectivity index is 0.00000272. The number of anilines is 1. The molecule has 0 saturated carbocycles. The van der Waals surface area contributed by atoms with Crippen LogP contribution in [0.15, 0.2) is 30.3 Å². The fraction of sp³-hybridized carbons (Fsp3) is 0.364. The van der Waals surface area contributed by atoms with E-state index in [4.69, 9.17) is 19.2 Å². The molecule has 0 atom stereocenters. The molecule has 1 amide bonds. The first kappa shape index (κ1) is 23.1. The number of likely N-dealkylation sites (N-methyl/N-ethyl adjacent to an activating group) is 1. The van der Waals surface area contributed by atoms with Crippen LogP contribution in [0.2, 0.25) is 0 Å². The number of nitrogens with zero attached hydrogens (tertiary/aromatic N) is 3. The lowest BCUT2D eigenvalue weighted by atomic mass is 10.1. The highest BCUT2D eigenvalue weighted by molar-refractivity contribution is 7.22. The van der Waals surface area contributed by atoms with E-state index in [2.05, 4.69) is 0 Å². The van der Waals surface area contributed by atoms with Crippen LogP contribution in [-0.2, 0) is 0 Å². The van der Waals surface area contributed by atoms with Gasteiger partial charge in [-0.15, -0.1) is 12.4 Å². The summed E-state index contributed by atoms with van der Waals surface area (Å²) in [5, 5.41) is 0.652. The Hall–Kier alpha value is -2.55. The van der Waals surface area contributed by atoms with Crippen LogP contribution in [0.4, 0.5) is 5.13 Å². The maximum Gasteiger partial charge on any atom is 0.260 e. The summed E-state index contributed by atoms with van der Waals surface area (Å²) in [6, 6.07) is 9.23. The van der Waals surface area contributed by atoms with Gasteiger partial charge in [0.05, 0.1) is 11.8 Å². The number of benzene rings is 2. The largest absolute Gasteiger partial charge is 0.494 e. The van der Waals surface area contributed by atoms with Crippen molar-refractivity contribution in [3.63, 3.8) is 0 Å². The van der Waals surface area contributed by atoms with E-state index < -0.39 is 0 Å². The highest BCUT2D eigenvalue weighted by Crippen LogP contribution is 2.37. The number of rotatable bonds is 6. The van der Waals surface area contributed by atoms with Crippen molar-refractivity contribution in [2.24, 2.45) is 0 Å². The van der Waals surface area contributed by atoms with Gasteiger partial charge in [-0.2, -0.15) is 0 Å². The molecule has 7 nitrogen and oxygen atoms in total. The number of fused-ring (bicyclic) bond motifs is 2. The van der Waals surface area contributed by atoms with Gasteiger partial charge in [-0.05, 0) is 50.8 Å². The maximum absolute atomic E-state index is 13.5. The van der Waals surface area contributed by atoms with Crippen molar-refractivity contribution in [1.82, 2.24) is 9.88 Å². The first-order valence-electron chi connectivity index (χ1n) is 9.78. The summed E-state index contributed by atoms with van der Waals surface area (Å²) in [6.07, 6.45) is 0. The fourth-order valence-corrected chi connectivity index (χ4v) is 4.37. The van der Waals surface area contributed by atoms with Gasteiger partial charge in [-0.25, -0.2) is 4.98 Å². The predicted molar refractivity (Wildman–Crippen MR) is 126 cm³/mol. The molecule has 0 radical (unpaired) electrons. The zero-order valence-electron chi connectivity index (χ0n) is 18.0. The third-order valence-corrected chi connectivity index (χ3v) is 6.16. The van der Waals surface area contributed by atoms with E-state index >= 15 is 0 Å². The van der Waals surface area contributed by atoms with Crippen LogP contribution in [0.5, 0.6) is 17.2 Å². The number of hydrogen-bond donors (Lipinski definition) is 0. The summed E-state index contributed by atoms with van der Waals surface area (Å²) in [6.45, 7) is 4.26. The van der Waals surface area contributed by atoms with Crippen LogP contribution >= 0.6 is 23.7 Å². The molecule has 0 fully saturated rings. The van der Waals surface area contributed by atoms with Crippen LogP contribution < -0.4 is 19.1 Å². The molecule has 0 bridgehead atoms. The zero-order valence-corrected chi connectivity index (χ0v) is 19.6. The van der Waals surface area contributed by atoms with Gasteiger partial charge in [0.2, 0.25) is 0 Å². The highest BCUT2D eigenvalue weighted by Gasteiger charge is 2.24. The van der Waals surface area contributed by atoms with Gasteiger partial charge in [-0.1, -0.05) is 17.4 Å². The smallest absolute Gasteiger partial charge is 0.260 e. The van der Waals surface area contributed by atoms with Crippen LogP contribution in [0.25, 0.3) is 10.2 Å². The average molecular weight is 464 g/mol. The summed E-state index contributed by atoms with van der Waals surface area (Å²) >= 11 is 1.50. The second kappa shape index (κ2) is 9.72. The van der Waals surface area contributed by atoms with Gasteiger partial charge in [0.1, 0.15) is 24.5 Å². The van der Waals surface area contributed by atoms with E-state index in [9.17, 15) is 4.79 Å². The molecule has 1 aromatic heterocycles. The molecule has 3 aromatic rings. The van der Waals surface area contributed by atoms with Gasteiger partial charge in [0, 0.05) is 18.7 Å². The van der Waals surface area contributed by atoms with Crippen LogP contribution in [0.1, 0.15) is 15.9 Å². The van der Waals surface area contributed by atoms with E-state index in [1.807, 2.05) is 38.1 Å². The molecule has 0 unspecified atom stereocenters. The molecule has 2 aromatic carbocycles. The minimum atomic E-state index is -0.121. The lowest BCUT2D eigenvalue weighted by Gasteiger charge is -2.23. The van der Waals surface area contributed by atoms with Crippen LogP contribution in [0, 0.1) is 6.92 Å². The fourth-order valence-electron chi connectivity index (χ4n) is 3.29. The second-order valence-corrected chi connectivity index (χ2v) is 8.35. The molecule has 31 heavy (non-hydrogen) atoms. The minimum absolute atomic E-state index is 0. The quantitative estimate of drug-likeness (QED) is 0.550. The molecule has 166 valence electrons. The molecule has 0 N–H and O–H groups in total. The standard InChI is InChI=1S/C22H25N3O4S.ClH/c1-14-5-7-17(27-4)19-20(14)30-22(23-19)25(10-9-24(2)3)21(26)15-6-8-16-18(13-15)29-12-11-28-16;/h5-8,13H,9-12H2,1-4H3;1H. The van der Waals surface area contributed by atoms with Crippen molar-refractivity contribution in [2.75, 3.05) is 52.4 Å². The summed E-state index contributed by atoms with van der Waals surface area (Å²) in [4.78, 5) is 22.1. The minimum Gasteiger partial charge on any atom is -0.494 e. The average Bonchev–Trinajstić information content (AvgIpc) is 3.19. The van der Waals surface area contributed by atoms with Crippen molar-refractivity contribution in [2.45, 2.75) is 6.92 Å². The monoisotopic (exact) mass is 463 g/mol. The number of methoxy groups -OCH3 is 1. The summed E-state index contributed by atoms with van der Waals surface area (Å²) in [5.41, 5.74) is 2.43. The summed E-state index contributed by atoms with van der Waals surface area (Å²) < 4.78 is 17.7. The Morgan fingerprint density at radius 1 is 1.13 bits per heavy atom. The van der Waals surface area contributed by atoms with E-state index in [1.54, 1.807) is 30.2 Å². The summed E-state index contributed by atoms with van der Waals surface area (Å²) in [5.74, 6) is 1.85. The Morgan fingerprint density at radius 3 is 2.58 bits per heavy atom. The number of hydrogen-bond acceptors (Lipinski definition) is 7. The molecule has 1 aliphatic rings. The molecule has 2 heterocycles. The lowest BCUT2D eigenvalue weighted by molar-refractivity contribution is 0.0984. The van der Waals surface area contributed by atoms with Gasteiger partial charge in [0.15, 0.2) is 16.6 Å². The maximum atomic E-state index is 13.5. The van der Waals surface area contributed by atoms with Crippen LogP contribution in [0.3, 0.4) is 0 Å². The third-order valence-electron chi connectivity index (χ3n) is 4.95. The van der Waals surface area contributed by atoms with Gasteiger partial charge in [0.25, 0.3) is 5.91 Å². The molecular weight excluding hydrogens is 438 g/mol. The number of ether oxygens (including phenoxy) is 3. The highest BCUT2D eigenvalue weighted by atomic mass is 35.5. The van der Waals surface area contributed by atoms with Crippen molar-refractivity contribution in [3.05, 3.63) is 41.5 Å². The van der Waals surface area contributed by atoms with Crippen molar-refractivity contribution < 1.29 is 19.0 Å². The number of amides is 1. The van der Waals surface area contributed by atoms with Crippen LogP contribution in [-0.4, -0.2) is 63.3 Å². The van der Waals surface area contributed by atoms with Crippen molar-refractivity contribution in [1.29, 1.82) is 0 Å². The Kier molecular flexibility index (Phi) is 7.25. The van der Waals surface area contributed by atoms with E-state index in [1.165, 1.54) is 11.3 Å². The molecule has 9 heteroatoms. The number of thiazole rings is 1. The number of aryl methyl sites for hydroxylation is 1. The van der Waals surface area contributed by atoms with Crippen molar-refractivity contribution in [3.8, 4) is 17.2 Å². The van der Waals surface area contributed by atoms with Gasteiger partial charge in [-0.3, -0.25) is 9.69 Å². The Labute approximate surface area is 191 Å². The number of halogens is 1. The van der Waals surface area contributed by atoms with E-state index in [-0.39, 0.29) is 18.3 Å². The molecular formula is C22H26ClN3O4S. The zero-order chi connectivity index (χ0) is 21.3. The molecule has 4 rings (SSSR count). The topological polar surface area (TPSA) is 64.1 Å². The number of aromatic nitrogens is 1. The van der Waals surface area contributed by atoms with E-state index in [0.717, 1.165) is 15.8 Å². The van der Waals surface area contributed by atoms with Crippen molar-refractivity contribution >= 4 is 45.0 Å². The second-order valence-electron chi connectivity index (χ2n) is 7.38. The lowest BCUT2D eigenvalue weighted by Crippen LogP contribution is -2.36. The predicted octanol–water partition coefficient (Wildman–Crippen LogP) is 4.01. The molecule has 1 aliphatic heterocycles. The molecule has 0 spiro atoms. The molecule has 0 aliphatic carbocycles. The summed E-state index contributed by atoms with van der Waals surface area (Å²) in [7, 11) is 5.60.